The molecule has 0 amide bonds. The summed E-state index contributed by atoms with van der Waals surface area (Å²) in [5, 5.41) is 19.0. The molecule has 0 saturated carbocycles. The van der Waals surface area contributed by atoms with Gasteiger partial charge in [-0.2, -0.15) is 0 Å². The number of rotatable bonds is 3. The van der Waals surface area contributed by atoms with Crippen LogP contribution >= 0.6 is 11.6 Å². The molecule has 7 heteroatoms. The van der Waals surface area contributed by atoms with E-state index in [4.69, 9.17) is 16.7 Å². The first kappa shape index (κ1) is 17.0. The quantitative estimate of drug-likeness (QED) is 0.744. The molecule has 2 aromatic carbocycles. The number of fused-ring (bicyclic) bond motifs is 1. The Balaban J connectivity index is 2.32. The summed E-state index contributed by atoms with van der Waals surface area (Å²) >= 11 is 5.92. The van der Waals surface area contributed by atoms with Crippen molar-refractivity contribution in [2.75, 3.05) is 0 Å². The largest absolute Gasteiger partial charge is 0.505 e. The third kappa shape index (κ3) is 2.85. The maximum atomic E-state index is 14.4. The van der Waals surface area contributed by atoms with Gasteiger partial charge in [0.05, 0.1) is 11.9 Å². The van der Waals surface area contributed by atoms with Gasteiger partial charge < -0.3 is 10.2 Å². The van der Waals surface area contributed by atoms with Crippen molar-refractivity contribution in [2.45, 2.75) is 13.3 Å². The van der Waals surface area contributed by atoms with E-state index in [1.165, 1.54) is 23.6 Å². The van der Waals surface area contributed by atoms with Crippen molar-refractivity contribution < 1.29 is 24.2 Å². The fourth-order valence-electron chi connectivity index (χ4n) is 2.90. The van der Waals surface area contributed by atoms with E-state index >= 15 is 0 Å². The molecule has 1 aromatic heterocycles. The Morgan fingerprint density at radius 2 is 1.96 bits per heavy atom. The van der Waals surface area contributed by atoms with E-state index in [0.29, 0.717) is 10.7 Å². The highest BCUT2D eigenvalue weighted by Crippen LogP contribution is 2.33. The average molecular weight is 362 g/mol. The van der Waals surface area contributed by atoms with Crippen molar-refractivity contribution in [1.29, 1.82) is 0 Å². The maximum absolute atomic E-state index is 14.4. The third-order valence-electron chi connectivity index (χ3n) is 4.02. The van der Waals surface area contributed by atoms with Gasteiger partial charge in [0.15, 0.2) is 11.6 Å². The molecule has 0 unspecified atom stereocenters. The number of carboxylic acids is 1. The first-order chi connectivity index (χ1) is 11.8. The Bertz CT molecular complexity index is 1030. The number of hydrogen-bond acceptors (Lipinski definition) is 3. The summed E-state index contributed by atoms with van der Waals surface area (Å²) in [6.45, 7) is 1.54. The molecule has 0 aliphatic rings. The van der Waals surface area contributed by atoms with Gasteiger partial charge in [-0.3, -0.25) is 14.2 Å². The zero-order valence-corrected chi connectivity index (χ0v) is 13.8. The second kappa shape index (κ2) is 6.22. The minimum absolute atomic E-state index is 0.0738. The molecule has 0 fully saturated rings. The summed E-state index contributed by atoms with van der Waals surface area (Å²) in [6.07, 6.45) is -0.474. The summed E-state index contributed by atoms with van der Waals surface area (Å²) < 4.78 is 15.7. The van der Waals surface area contributed by atoms with Crippen LogP contribution in [0.4, 0.5) is 4.39 Å². The lowest BCUT2D eigenvalue weighted by Gasteiger charge is -2.08. The van der Waals surface area contributed by atoms with Gasteiger partial charge in [0.1, 0.15) is 0 Å². The Kier molecular flexibility index (Phi) is 4.22. The van der Waals surface area contributed by atoms with Crippen molar-refractivity contribution in [3.63, 3.8) is 0 Å². The van der Waals surface area contributed by atoms with Gasteiger partial charge in [0.25, 0.3) is 5.91 Å². The second-order valence-electron chi connectivity index (χ2n) is 5.58. The topological polar surface area (TPSA) is 79.5 Å². The monoisotopic (exact) mass is 361 g/mol. The molecule has 0 saturated heterocycles. The van der Waals surface area contributed by atoms with Crippen molar-refractivity contribution in [3.05, 3.63) is 64.1 Å². The number of phenolic OH excluding ortho intramolecular Hbond substituents is 1. The lowest BCUT2D eigenvalue weighted by molar-refractivity contribution is -0.136. The number of nitrogens with zero attached hydrogens (tertiary/aromatic N) is 1. The summed E-state index contributed by atoms with van der Waals surface area (Å²) in [6, 6.07) is 8.78. The van der Waals surface area contributed by atoms with E-state index in [0.717, 1.165) is 6.07 Å². The lowest BCUT2D eigenvalue weighted by atomic mass is 10.1. The van der Waals surface area contributed by atoms with Crippen LogP contribution in [0.1, 0.15) is 21.6 Å². The summed E-state index contributed by atoms with van der Waals surface area (Å²) in [5.41, 5.74) is 0.912. The van der Waals surface area contributed by atoms with Gasteiger partial charge in [-0.25, -0.2) is 4.39 Å². The highest BCUT2D eigenvalue weighted by Gasteiger charge is 2.24. The molecule has 5 nitrogen and oxygen atoms in total. The van der Waals surface area contributed by atoms with Crippen LogP contribution in [-0.2, 0) is 11.2 Å². The molecule has 3 rings (SSSR count). The standard InChI is InChI=1S/C18H13ClFNO4/c1-9-12(8-15(23)24)16-13(5-6-14(22)17(16)20)21(9)18(25)10-3-2-4-11(19)7-10/h2-7,22H,8H2,1H3,(H,23,24). The van der Waals surface area contributed by atoms with Gasteiger partial charge in [0, 0.05) is 21.7 Å². The van der Waals surface area contributed by atoms with Crippen LogP contribution in [0.15, 0.2) is 36.4 Å². The Labute approximate surface area is 146 Å². The first-order valence-electron chi connectivity index (χ1n) is 7.34. The van der Waals surface area contributed by atoms with Gasteiger partial charge in [-0.15, -0.1) is 0 Å². The number of benzene rings is 2. The molecule has 0 spiro atoms. The molecule has 1 heterocycles. The van der Waals surface area contributed by atoms with Gasteiger partial charge in [-0.05, 0) is 42.8 Å². The predicted octanol–water partition coefficient (Wildman–Crippen LogP) is 3.76. The summed E-state index contributed by atoms with van der Waals surface area (Å²) in [4.78, 5) is 24.1. The number of carbonyl (C=O) groups excluding carboxylic acids is 1. The Morgan fingerprint density at radius 3 is 2.60 bits per heavy atom. The van der Waals surface area contributed by atoms with Gasteiger partial charge in [-0.1, -0.05) is 17.7 Å². The number of carboxylic acid groups (broad SMARTS) is 1. The second-order valence-corrected chi connectivity index (χ2v) is 6.01. The van der Waals surface area contributed by atoms with Crippen LogP contribution in [0, 0.1) is 12.7 Å². The van der Waals surface area contributed by atoms with Crippen LogP contribution < -0.4 is 0 Å². The number of carbonyl (C=O) groups is 2. The van der Waals surface area contributed by atoms with E-state index in [2.05, 4.69) is 0 Å². The van der Waals surface area contributed by atoms with Crippen molar-refractivity contribution in [2.24, 2.45) is 0 Å². The van der Waals surface area contributed by atoms with Crippen molar-refractivity contribution >= 4 is 34.4 Å². The van der Waals surface area contributed by atoms with E-state index in [9.17, 15) is 19.1 Å². The zero-order chi connectivity index (χ0) is 18.3. The Morgan fingerprint density at radius 1 is 1.24 bits per heavy atom. The van der Waals surface area contributed by atoms with E-state index < -0.39 is 29.9 Å². The molecule has 0 radical (unpaired) electrons. The molecule has 128 valence electrons. The molecule has 0 bridgehead atoms. The number of hydrogen-bond donors (Lipinski definition) is 2. The SMILES string of the molecule is Cc1c(CC(=O)O)c2c(F)c(O)ccc2n1C(=O)c1cccc(Cl)c1. The minimum Gasteiger partial charge on any atom is -0.505 e. The third-order valence-corrected chi connectivity index (χ3v) is 4.25. The highest BCUT2D eigenvalue weighted by molar-refractivity contribution is 6.31. The van der Waals surface area contributed by atoms with Crippen LogP contribution in [-0.4, -0.2) is 26.7 Å². The summed E-state index contributed by atoms with van der Waals surface area (Å²) in [7, 11) is 0. The number of aromatic nitrogens is 1. The first-order valence-corrected chi connectivity index (χ1v) is 7.72. The molecule has 2 N–H and O–H groups in total. The van der Waals surface area contributed by atoms with Gasteiger partial charge in [0.2, 0.25) is 0 Å². The molecular weight excluding hydrogens is 349 g/mol. The lowest BCUT2D eigenvalue weighted by Crippen LogP contribution is -2.14. The van der Waals surface area contributed by atoms with Crippen LogP contribution in [0.25, 0.3) is 10.9 Å². The van der Waals surface area contributed by atoms with E-state index in [-0.39, 0.29) is 22.0 Å². The highest BCUT2D eigenvalue weighted by atomic mass is 35.5. The van der Waals surface area contributed by atoms with Crippen molar-refractivity contribution in [3.8, 4) is 5.75 Å². The van der Waals surface area contributed by atoms with E-state index in [1.54, 1.807) is 18.2 Å². The Hall–Kier alpha value is -2.86. The fourth-order valence-corrected chi connectivity index (χ4v) is 3.09. The summed E-state index contributed by atoms with van der Waals surface area (Å²) in [5.74, 6) is -3.19. The maximum Gasteiger partial charge on any atom is 0.307 e. The zero-order valence-electron chi connectivity index (χ0n) is 13.1. The van der Waals surface area contributed by atoms with Crippen LogP contribution in [0.5, 0.6) is 5.75 Å². The predicted molar refractivity (Wildman–Crippen MR) is 90.8 cm³/mol. The molecule has 25 heavy (non-hydrogen) atoms. The number of phenols is 1. The average Bonchev–Trinajstić information content (AvgIpc) is 2.82. The normalized spacial score (nSPS) is 11.0. The van der Waals surface area contributed by atoms with Crippen molar-refractivity contribution in [1.82, 2.24) is 4.57 Å². The van der Waals surface area contributed by atoms with Crippen LogP contribution in [0.2, 0.25) is 5.02 Å². The number of aliphatic carboxylic acids is 1. The fraction of sp³-hybridized carbons (Fsp3) is 0.111. The smallest absolute Gasteiger partial charge is 0.307 e. The molecular formula is C18H13ClFNO4. The van der Waals surface area contributed by atoms with E-state index in [1.807, 2.05) is 0 Å². The number of aromatic hydroxyl groups is 1. The molecule has 0 aliphatic heterocycles. The number of halogens is 2. The molecule has 3 aromatic rings. The molecule has 0 aliphatic carbocycles. The van der Waals surface area contributed by atoms with Gasteiger partial charge >= 0.3 is 5.97 Å². The van der Waals surface area contributed by atoms with Crippen LogP contribution in [0.3, 0.4) is 0 Å². The molecule has 0 atom stereocenters. The minimum atomic E-state index is -1.17.